The lowest BCUT2D eigenvalue weighted by molar-refractivity contribution is -0.157. The minimum absolute atomic E-state index is 0.144. The molecule has 184 valence electrons. The Morgan fingerprint density at radius 1 is 1.17 bits per heavy atom. The van der Waals surface area contributed by atoms with Crippen LogP contribution in [0.3, 0.4) is 0 Å². The summed E-state index contributed by atoms with van der Waals surface area (Å²) in [5.41, 5.74) is 0.927. The Balaban J connectivity index is 1.60. The molecule has 1 unspecified atom stereocenters. The predicted molar refractivity (Wildman–Crippen MR) is 119 cm³/mol. The van der Waals surface area contributed by atoms with Gasteiger partial charge in [-0.1, -0.05) is 12.0 Å². The third-order valence-electron chi connectivity index (χ3n) is 5.18. The topological polar surface area (TPSA) is 114 Å². The van der Waals surface area contributed by atoms with Crippen molar-refractivity contribution in [3.63, 3.8) is 0 Å². The average Bonchev–Trinajstić information content (AvgIpc) is 3.34. The highest BCUT2D eigenvalue weighted by Gasteiger charge is 2.38. The Labute approximate surface area is 200 Å². The highest BCUT2D eigenvalue weighted by atomic mass is 19.4. The summed E-state index contributed by atoms with van der Waals surface area (Å²) in [7, 11) is 0. The maximum absolute atomic E-state index is 14.5. The first-order valence-electron chi connectivity index (χ1n) is 10.5. The number of benzene rings is 2. The number of halogens is 4. The van der Waals surface area contributed by atoms with E-state index in [9.17, 15) is 27.2 Å². The number of carbonyl (C=O) groups excluding carboxylic acids is 1. The maximum atomic E-state index is 14.5. The summed E-state index contributed by atoms with van der Waals surface area (Å²) in [5.74, 6) is 1.92. The first kappa shape index (κ1) is 24.6. The molecule has 0 aliphatic carbocycles. The number of alkyl halides is 3. The molecule has 2 N–H and O–H groups in total. The SMILES string of the molecule is CC#Cc1ccc2c(=O)[nH]nc(Cc3ccc(F)c(C(=O)NC(C)c4nnc(C(F)(F)F)o4)c3)c2c1. The molecule has 1 amide bonds. The molecule has 0 saturated heterocycles. The van der Waals surface area contributed by atoms with Gasteiger partial charge in [0, 0.05) is 17.4 Å². The van der Waals surface area contributed by atoms with E-state index in [1.165, 1.54) is 19.1 Å². The van der Waals surface area contributed by atoms with Crippen molar-refractivity contribution in [2.24, 2.45) is 0 Å². The van der Waals surface area contributed by atoms with Crippen LogP contribution < -0.4 is 10.9 Å². The van der Waals surface area contributed by atoms with Crippen LogP contribution in [0.25, 0.3) is 10.8 Å². The lowest BCUT2D eigenvalue weighted by Gasteiger charge is -2.12. The second-order valence-corrected chi connectivity index (χ2v) is 7.76. The Kier molecular flexibility index (Phi) is 6.57. The van der Waals surface area contributed by atoms with Gasteiger partial charge in [-0.3, -0.25) is 9.59 Å². The minimum atomic E-state index is -4.83. The first-order chi connectivity index (χ1) is 17.1. The third kappa shape index (κ3) is 5.10. The van der Waals surface area contributed by atoms with Gasteiger partial charge in [0.25, 0.3) is 11.5 Å². The number of fused-ring (bicyclic) bond motifs is 1. The van der Waals surface area contributed by atoms with Gasteiger partial charge in [-0.25, -0.2) is 9.49 Å². The second kappa shape index (κ2) is 9.61. The molecule has 4 aromatic rings. The molecule has 1 atom stereocenters. The summed E-state index contributed by atoms with van der Waals surface area (Å²) in [4.78, 5) is 24.9. The number of aromatic nitrogens is 4. The van der Waals surface area contributed by atoms with Crippen molar-refractivity contribution < 1.29 is 26.8 Å². The molecule has 12 heteroatoms. The van der Waals surface area contributed by atoms with Gasteiger partial charge in [-0.2, -0.15) is 18.3 Å². The van der Waals surface area contributed by atoms with Crippen molar-refractivity contribution in [3.8, 4) is 11.8 Å². The smallest absolute Gasteiger partial charge is 0.415 e. The van der Waals surface area contributed by atoms with Crippen LogP contribution in [0.2, 0.25) is 0 Å². The van der Waals surface area contributed by atoms with Crippen molar-refractivity contribution in [2.45, 2.75) is 32.5 Å². The molecule has 0 spiro atoms. The predicted octanol–water partition coefficient (Wildman–Crippen LogP) is 3.92. The van der Waals surface area contributed by atoms with E-state index >= 15 is 0 Å². The summed E-state index contributed by atoms with van der Waals surface area (Å²) >= 11 is 0. The van der Waals surface area contributed by atoms with Crippen molar-refractivity contribution in [3.05, 3.63) is 86.7 Å². The zero-order valence-electron chi connectivity index (χ0n) is 18.8. The summed E-state index contributed by atoms with van der Waals surface area (Å²) in [6, 6.07) is 7.78. The molecule has 0 fully saturated rings. The molecular formula is C24H17F4N5O3. The van der Waals surface area contributed by atoms with Gasteiger partial charge in [0.2, 0.25) is 5.89 Å². The van der Waals surface area contributed by atoms with Crippen LogP contribution in [0.1, 0.15) is 58.8 Å². The fraction of sp³-hybridized carbons (Fsp3) is 0.208. The van der Waals surface area contributed by atoms with Crippen LogP contribution in [0.15, 0.2) is 45.6 Å². The molecular weight excluding hydrogens is 482 g/mol. The Bertz CT molecular complexity index is 1580. The summed E-state index contributed by atoms with van der Waals surface area (Å²) in [5, 5.41) is 16.0. The van der Waals surface area contributed by atoms with E-state index in [4.69, 9.17) is 0 Å². The van der Waals surface area contributed by atoms with E-state index < -0.39 is 35.7 Å². The van der Waals surface area contributed by atoms with Crippen LogP contribution in [0.5, 0.6) is 0 Å². The van der Waals surface area contributed by atoms with Crippen LogP contribution in [-0.2, 0) is 12.6 Å². The van der Waals surface area contributed by atoms with Crippen molar-refractivity contribution in [1.29, 1.82) is 0 Å². The van der Waals surface area contributed by atoms with Gasteiger partial charge < -0.3 is 9.73 Å². The Hall–Kier alpha value is -4.53. The molecule has 8 nitrogen and oxygen atoms in total. The van der Waals surface area contributed by atoms with Gasteiger partial charge in [0.15, 0.2) is 0 Å². The highest BCUT2D eigenvalue weighted by Crippen LogP contribution is 2.29. The maximum Gasteiger partial charge on any atom is 0.470 e. The second-order valence-electron chi connectivity index (χ2n) is 7.76. The largest absolute Gasteiger partial charge is 0.470 e. The minimum Gasteiger partial charge on any atom is -0.415 e. The number of amides is 1. The summed E-state index contributed by atoms with van der Waals surface area (Å²) < 4.78 is 57.1. The molecule has 0 radical (unpaired) electrons. The molecule has 0 aliphatic rings. The molecule has 0 aliphatic heterocycles. The zero-order valence-corrected chi connectivity index (χ0v) is 18.8. The van der Waals surface area contributed by atoms with Crippen LogP contribution in [-0.4, -0.2) is 26.3 Å². The molecule has 2 aromatic heterocycles. The van der Waals surface area contributed by atoms with Gasteiger partial charge >= 0.3 is 12.1 Å². The molecule has 0 saturated carbocycles. The van der Waals surface area contributed by atoms with Crippen molar-refractivity contribution >= 4 is 16.7 Å². The number of aromatic amines is 1. The van der Waals surface area contributed by atoms with Crippen molar-refractivity contribution in [1.82, 2.24) is 25.7 Å². The molecule has 0 bridgehead atoms. The fourth-order valence-electron chi connectivity index (χ4n) is 3.49. The van der Waals surface area contributed by atoms with E-state index in [1.54, 1.807) is 25.1 Å². The number of nitrogens with zero attached hydrogens (tertiary/aromatic N) is 3. The number of hydrogen-bond acceptors (Lipinski definition) is 6. The Morgan fingerprint density at radius 3 is 2.64 bits per heavy atom. The molecule has 36 heavy (non-hydrogen) atoms. The monoisotopic (exact) mass is 499 g/mol. The third-order valence-corrected chi connectivity index (χ3v) is 5.18. The average molecular weight is 499 g/mol. The van der Waals surface area contributed by atoms with E-state index in [2.05, 4.69) is 42.0 Å². The van der Waals surface area contributed by atoms with E-state index in [0.29, 0.717) is 27.6 Å². The van der Waals surface area contributed by atoms with Crippen LogP contribution in [0.4, 0.5) is 17.6 Å². The van der Waals surface area contributed by atoms with Gasteiger partial charge in [-0.05, 0) is 49.7 Å². The standard InChI is InChI=1S/C24H17F4N5O3/c1-3-4-13-5-7-15-16(9-13)19(30-31-21(15)35)11-14-6-8-18(25)17(10-14)20(34)29-12(2)22-32-33-23(36-22)24(26,27)28/h5-10,12H,11H2,1-2H3,(H,29,34)(H,31,35). The fourth-order valence-corrected chi connectivity index (χ4v) is 3.49. The molecule has 2 heterocycles. The van der Waals surface area contributed by atoms with Gasteiger partial charge in [-0.15, -0.1) is 16.1 Å². The number of rotatable bonds is 5. The first-order valence-corrected chi connectivity index (χ1v) is 10.5. The number of nitrogens with one attached hydrogen (secondary N) is 2. The lowest BCUT2D eigenvalue weighted by atomic mass is 10.0. The van der Waals surface area contributed by atoms with Gasteiger partial charge in [0.1, 0.15) is 11.9 Å². The normalized spacial score (nSPS) is 12.2. The number of carbonyl (C=O) groups is 1. The number of hydrogen-bond donors (Lipinski definition) is 2. The highest BCUT2D eigenvalue weighted by molar-refractivity contribution is 5.95. The zero-order chi connectivity index (χ0) is 26.0. The van der Waals surface area contributed by atoms with Crippen LogP contribution >= 0.6 is 0 Å². The Morgan fingerprint density at radius 2 is 1.94 bits per heavy atom. The molecule has 2 aromatic carbocycles. The van der Waals surface area contributed by atoms with Gasteiger partial charge in [0.05, 0.1) is 16.6 Å². The molecule has 4 rings (SSSR count). The summed E-state index contributed by atoms with van der Waals surface area (Å²) in [6.45, 7) is 3.00. The van der Waals surface area contributed by atoms with E-state index in [-0.39, 0.29) is 17.5 Å². The van der Waals surface area contributed by atoms with E-state index in [1.807, 2.05) is 0 Å². The van der Waals surface area contributed by atoms with Crippen molar-refractivity contribution in [2.75, 3.05) is 0 Å². The van der Waals surface area contributed by atoms with E-state index in [0.717, 1.165) is 6.07 Å². The van der Waals surface area contributed by atoms with Crippen LogP contribution in [0, 0.1) is 17.7 Å². The lowest BCUT2D eigenvalue weighted by Crippen LogP contribution is -2.27. The summed E-state index contributed by atoms with van der Waals surface area (Å²) in [6.07, 6.45) is -4.69. The number of H-pyrrole nitrogens is 1. The quantitative estimate of drug-likeness (QED) is 0.318.